The third-order valence-corrected chi connectivity index (χ3v) is 4.61. The lowest BCUT2D eigenvalue weighted by Crippen LogP contribution is -2.42. The van der Waals surface area contributed by atoms with Crippen molar-refractivity contribution in [3.63, 3.8) is 0 Å². The standard InChI is InChI=1S/C18H26N2O3/c1-13(19)14-9-11-20(12-10-14)18(22)8-7-17(21)15-3-5-16(23-2)6-4-15/h3-6,13-14H,7-12,19H2,1-2H3. The zero-order valence-electron chi connectivity index (χ0n) is 14.0. The van der Waals surface area contributed by atoms with Crippen molar-refractivity contribution in [1.29, 1.82) is 0 Å². The number of nitrogens with zero attached hydrogens (tertiary/aromatic N) is 1. The number of methoxy groups -OCH3 is 1. The highest BCUT2D eigenvalue weighted by molar-refractivity contribution is 5.98. The first-order valence-corrected chi connectivity index (χ1v) is 8.22. The molecule has 23 heavy (non-hydrogen) atoms. The van der Waals surface area contributed by atoms with Crippen LogP contribution in [-0.4, -0.2) is 42.8 Å². The molecule has 1 saturated heterocycles. The molecule has 126 valence electrons. The molecule has 0 saturated carbocycles. The summed E-state index contributed by atoms with van der Waals surface area (Å²) in [5.74, 6) is 1.27. The normalized spacial score (nSPS) is 16.9. The molecule has 1 aliphatic heterocycles. The van der Waals surface area contributed by atoms with Crippen LogP contribution in [0.3, 0.4) is 0 Å². The van der Waals surface area contributed by atoms with E-state index in [0.717, 1.165) is 31.7 Å². The van der Waals surface area contributed by atoms with Gasteiger partial charge in [-0.1, -0.05) is 0 Å². The molecule has 5 nitrogen and oxygen atoms in total. The summed E-state index contributed by atoms with van der Waals surface area (Å²) >= 11 is 0. The van der Waals surface area contributed by atoms with Crippen LogP contribution in [0, 0.1) is 5.92 Å². The van der Waals surface area contributed by atoms with Gasteiger partial charge in [-0.3, -0.25) is 9.59 Å². The molecule has 0 radical (unpaired) electrons. The first-order chi connectivity index (χ1) is 11.0. The van der Waals surface area contributed by atoms with Gasteiger partial charge in [0, 0.05) is 37.5 Å². The highest BCUT2D eigenvalue weighted by Gasteiger charge is 2.24. The van der Waals surface area contributed by atoms with Crippen LogP contribution in [-0.2, 0) is 4.79 Å². The molecule has 0 aromatic heterocycles. The van der Waals surface area contributed by atoms with Gasteiger partial charge in [0.15, 0.2) is 5.78 Å². The Hall–Kier alpha value is -1.88. The van der Waals surface area contributed by atoms with Gasteiger partial charge in [-0.15, -0.1) is 0 Å². The molecule has 0 bridgehead atoms. The van der Waals surface area contributed by atoms with Gasteiger partial charge < -0.3 is 15.4 Å². The van der Waals surface area contributed by atoms with Crippen LogP contribution in [0.2, 0.25) is 0 Å². The molecule has 1 unspecified atom stereocenters. The molecule has 1 aliphatic rings. The van der Waals surface area contributed by atoms with Crippen molar-refractivity contribution < 1.29 is 14.3 Å². The highest BCUT2D eigenvalue weighted by Crippen LogP contribution is 2.20. The van der Waals surface area contributed by atoms with E-state index in [1.165, 1.54) is 0 Å². The minimum absolute atomic E-state index is 0.00790. The summed E-state index contributed by atoms with van der Waals surface area (Å²) in [6.07, 6.45) is 2.43. The number of amides is 1. The zero-order valence-corrected chi connectivity index (χ0v) is 14.0. The largest absolute Gasteiger partial charge is 0.497 e. The molecular formula is C18H26N2O3. The van der Waals surface area contributed by atoms with E-state index < -0.39 is 0 Å². The molecule has 1 aromatic rings. The third-order valence-electron chi connectivity index (χ3n) is 4.61. The second-order valence-electron chi connectivity index (χ2n) is 6.23. The molecule has 1 aromatic carbocycles. The van der Waals surface area contributed by atoms with Crippen molar-refractivity contribution in [3.8, 4) is 5.75 Å². The van der Waals surface area contributed by atoms with Gasteiger partial charge in [0.1, 0.15) is 5.75 Å². The van der Waals surface area contributed by atoms with E-state index in [1.807, 2.05) is 11.8 Å². The average Bonchev–Trinajstić information content (AvgIpc) is 2.59. The zero-order chi connectivity index (χ0) is 16.8. The Balaban J connectivity index is 1.78. The van der Waals surface area contributed by atoms with Gasteiger partial charge in [0.25, 0.3) is 0 Å². The van der Waals surface area contributed by atoms with Crippen molar-refractivity contribution in [2.75, 3.05) is 20.2 Å². The van der Waals surface area contributed by atoms with E-state index in [9.17, 15) is 9.59 Å². The van der Waals surface area contributed by atoms with E-state index in [1.54, 1.807) is 31.4 Å². The number of hydrogen-bond acceptors (Lipinski definition) is 4. The molecule has 2 N–H and O–H groups in total. The van der Waals surface area contributed by atoms with Crippen LogP contribution in [0.4, 0.5) is 0 Å². The van der Waals surface area contributed by atoms with Gasteiger partial charge >= 0.3 is 0 Å². The number of Topliss-reactive ketones (excluding diaryl/α,β-unsaturated/α-hetero) is 1. The summed E-state index contributed by atoms with van der Waals surface area (Å²) in [6, 6.07) is 7.17. The number of rotatable bonds is 6. The predicted octanol–water partition coefficient (Wildman–Crippen LogP) is 2.24. The minimum Gasteiger partial charge on any atom is -0.497 e. The van der Waals surface area contributed by atoms with Crippen LogP contribution >= 0.6 is 0 Å². The number of benzene rings is 1. The van der Waals surface area contributed by atoms with Gasteiger partial charge in [-0.05, 0) is 49.9 Å². The van der Waals surface area contributed by atoms with Crippen molar-refractivity contribution in [2.45, 2.75) is 38.6 Å². The Morgan fingerprint density at radius 1 is 1.22 bits per heavy atom. The fraction of sp³-hybridized carbons (Fsp3) is 0.556. The first-order valence-electron chi connectivity index (χ1n) is 8.22. The maximum Gasteiger partial charge on any atom is 0.223 e. The topological polar surface area (TPSA) is 72.6 Å². The molecule has 1 atom stereocenters. The summed E-state index contributed by atoms with van der Waals surface area (Å²) in [5.41, 5.74) is 6.53. The smallest absolute Gasteiger partial charge is 0.223 e. The molecule has 5 heteroatoms. The Morgan fingerprint density at radius 2 is 1.83 bits per heavy atom. The fourth-order valence-corrected chi connectivity index (χ4v) is 2.97. The van der Waals surface area contributed by atoms with Crippen LogP contribution in [0.25, 0.3) is 0 Å². The number of carbonyl (C=O) groups excluding carboxylic acids is 2. The van der Waals surface area contributed by atoms with Crippen molar-refractivity contribution in [3.05, 3.63) is 29.8 Å². The second kappa shape index (κ2) is 8.11. The Morgan fingerprint density at radius 3 is 2.35 bits per heavy atom. The van der Waals surface area contributed by atoms with E-state index in [-0.39, 0.29) is 30.6 Å². The van der Waals surface area contributed by atoms with Crippen LogP contribution in [0.1, 0.15) is 43.0 Å². The highest BCUT2D eigenvalue weighted by atomic mass is 16.5. The van der Waals surface area contributed by atoms with Crippen LogP contribution in [0.5, 0.6) is 5.75 Å². The first kappa shape index (κ1) is 17.5. The summed E-state index contributed by atoms with van der Waals surface area (Å²) in [4.78, 5) is 26.2. The number of hydrogen-bond donors (Lipinski definition) is 1. The Kier molecular flexibility index (Phi) is 6.16. The number of carbonyl (C=O) groups is 2. The lowest BCUT2D eigenvalue weighted by molar-refractivity contribution is -0.132. The molecule has 0 spiro atoms. The van der Waals surface area contributed by atoms with Crippen LogP contribution < -0.4 is 10.5 Å². The monoisotopic (exact) mass is 318 g/mol. The Labute approximate surface area is 137 Å². The number of piperidine rings is 1. The molecule has 1 heterocycles. The van der Waals surface area contributed by atoms with Crippen molar-refractivity contribution in [2.24, 2.45) is 11.7 Å². The maximum absolute atomic E-state index is 12.2. The van der Waals surface area contributed by atoms with Crippen LogP contribution in [0.15, 0.2) is 24.3 Å². The molecule has 0 aliphatic carbocycles. The van der Waals surface area contributed by atoms with E-state index in [0.29, 0.717) is 11.5 Å². The average molecular weight is 318 g/mol. The molecular weight excluding hydrogens is 292 g/mol. The lowest BCUT2D eigenvalue weighted by Gasteiger charge is -2.33. The fourth-order valence-electron chi connectivity index (χ4n) is 2.97. The third kappa shape index (κ3) is 4.79. The van der Waals surface area contributed by atoms with Gasteiger partial charge in [-0.25, -0.2) is 0 Å². The predicted molar refractivity (Wildman–Crippen MR) is 89.5 cm³/mol. The van der Waals surface area contributed by atoms with Gasteiger partial charge in [-0.2, -0.15) is 0 Å². The molecule has 1 amide bonds. The summed E-state index contributed by atoms with van der Waals surface area (Å²) in [5, 5.41) is 0. The Bertz CT molecular complexity index is 532. The van der Waals surface area contributed by atoms with Gasteiger partial charge in [0.2, 0.25) is 5.91 Å². The van der Waals surface area contributed by atoms with E-state index >= 15 is 0 Å². The number of nitrogens with two attached hydrogens (primary N) is 1. The SMILES string of the molecule is COc1ccc(C(=O)CCC(=O)N2CCC(C(C)N)CC2)cc1. The van der Waals surface area contributed by atoms with E-state index in [4.69, 9.17) is 10.5 Å². The lowest BCUT2D eigenvalue weighted by atomic mass is 9.91. The molecule has 1 fully saturated rings. The van der Waals surface area contributed by atoms with Crippen molar-refractivity contribution in [1.82, 2.24) is 4.90 Å². The minimum atomic E-state index is -0.00790. The van der Waals surface area contributed by atoms with E-state index in [2.05, 4.69) is 0 Å². The summed E-state index contributed by atoms with van der Waals surface area (Å²) < 4.78 is 5.07. The molecule has 2 rings (SSSR count). The number of likely N-dealkylation sites (tertiary alicyclic amines) is 1. The van der Waals surface area contributed by atoms with Gasteiger partial charge in [0.05, 0.1) is 7.11 Å². The number of ether oxygens (including phenoxy) is 1. The quantitative estimate of drug-likeness (QED) is 0.817. The second-order valence-corrected chi connectivity index (χ2v) is 6.23. The maximum atomic E-state index is 12.2. The summed E-state index contributed by atoms with van der Waals surface area (Å²) in [6.45, 7) is 3.53. The number of ketones is 1. The summed E-state index contributed by atoms with van der Waals surface area (Å²) in [7, 11) is 1.59. The van der Waals surface area contributed by atoms with Crippen molar-refractivity contribution >= 4 is 11.7 Å².